The highest BCUT2D eigenvalue weighted by Gasteiger charge is 2.37. The Bertz CT molecular complexity index is 1670. The molecule has 268 valence electrons. The third-order valence-electron chi connectivity index (χ3n) is 10.8. The highest BCUT2D eigenvalue weighted by Crippen LogP contribution is 2.26. The molecule has 2 aromatic carbocycles. The molecule has 13 nitrogen and oxygen atoms in total. The summed E-state index contributed by atoms with van der Waals surface area (Å²) in [5.41, 5.74) is 4.13. The Morgan fingerprint density at radius 3 is 2.14 bits per heavy atom. The van der Waals surface area contributed by atoms with Crippen LogP contribution in [0.25, 0.3) is 0 Å². The number of carbonyl (C=O) groups excluding carboxylic acids is 3. The van der Waals surface area contributed by atoms with Crippen LogP contribution in [-0.4, -0.2) is 154 Å². The van der Waals surface area contributed by atoms with Crippen molar-refractivity contribution in [3.8, 4) is 5.75 Å². The van der Waals surface area contributed by atoms with Crippen molar-refractivity contribution in [3.63, 3.8) is 0 Å². The van der Waals surface area contributed by atoms with Crippen molar-refractivity contribution in [2.75, 3.05) is 70.5 Å². The summed E-state index contributed by atoms with van der Waals surface area (Å²) in [5.74, 6) is -0.0318. The van der Waals surface area contributed by atoms with Gasteiger partial charge in [-0.05, 0) is 60.2 Å². The number of ether oxygens (including phenoxy) is 1. The number of fused-ring (bicyclic) bond motifs is 1. The van der Waals surface area contributed by atoms with Gasteiger partial charge in [0.05, 0.1) is 6.26 Å². The molecule has 1 atom stereocenters. The van der Waals surface area contributed by atoms with Gasteiger partial charge in [-0.2, -0.15) is 4.31 Å². The first-order valence-corrected chi connectivity index (χ1v) is 19.6. The number of rotatable bonds is 7. The van der Waals surface area contributed by atoms with Crippen molar-refractivity contribution in [2.24, 2.45) is 0 Å². The number of para-hydroxylation sites is 1. The highest BCUT2D eigenvalue weighted by atomic mass is 32.2. The zero-order chi connectivity index (χ0) is 35.6. The van der Waals surface area contributed by atoms with E-state index in [2.05, 4.69) is 10.2 Å². The number of sulfonamides is 1. The van der Waals surface area contributed by atoms with E-state index >= 15 is 0 Å². The van der Waals surface area contributed by atoms with Crippen molar-refractivity contribution in [2.45, 2.75) is 56.7 Å². The quantitative estimate of drug-likeness (QED) is 0.353. The molecule has 2 aromatic rings. The number of aromatic hydroxyl groups is 1. The van der Waals surface area contributed by atoms with Gasteiger partial charge in [0.1, 0.15) is 21.4 Å². The average molecular weight is 706 g/mol. The minimum absolute atomic E-state index is 0.00983. The lowest BCUT2D eigenvalue weighted by Crippen LogP contribution is -2.55. The average Bonchev–Trinajstić information content (AvgIpc) is 3.27. The van der Waals surface area contributed by atoms with Gasteiger partial charge in [-0.15, -0.1) is 0 Å². The predicted molar refractivity (Wildman–Crippen MR) is 196 cm³/mol. The van der Waals surface area contributed by atoms with E-state index in [0.29, 0.717) is 82.7 Å². The lowest BCUT2D eigenvalue weighted by atomic mass is 9.83. The number of nitrogens with one attached hydrogen (secondary N) is 1. The smallest absolute Gasteiger partial charge is 0.410 e. The third kappa shape index (κ3) is 8.24. The van der Waals surface area contributed by atoms with Gasteiger partial charge in [-0.3, -0.25) is 9.69 Å². The molecule has 4 aliphatic heterocycles. The third-order valence-corrected chi connectivity index (χ3v) is 12.1. The zero-order valence-corrected chi connectivity index (χ0v) is 30.2. The number of hydrogen-bond acceptors (Lipinski definition) is 8. The molecule has 50 heavy (non-hydrogen) atoms. The van der Waals surface area contributed by atoms with Crippen LogP contribution in [0.15, 0.2) is 36.4 Å². The molecule has 16 heteroatoms. The largest absolute Gasteiger partial charge is 0.509 e. The van der Waals surface area contributed by atoms with Gasteiger partial charge in [0.2, 0.25) is 10.0 Å². The summed E-state index contributed by atoms with van der Waals surface area (Å²) >= 11 is 0. The molecule has 0 saturated carbocycles. The molecule has 3 fully saturated rings. The first kappa shape index (κ1) is 36.1. The Hall–Kier alpha value is -3.75. The molecular weight excluding hydrogens is 658 g/mol. The number of piperidine rings is 2. The first-order valence-electron chi connectivity index (χ1n) is 17.8. The van der Waals surface area contributed by atoms with Gasteiger partial charge < -0.3 is 29.9 Å². The van der Waals surface area contributed by atoms with Crippen LogP contribution >= 0.6 is 0 Å². The fraction of sp³-hybridized carbons (Fsp3) is 0.559. The van der Waals surface area contributed by atoms with Gasteiger partial charge in [0.15, 0.2) is 6.10 Å². The number of benzene rings is 2. The summed E-state index contributed by atoms with van der Waals surface area (Å²) in [6, 6.07) is 11.6. The van der Waals surface area contributed by atoms with Crippen LogP contribution < -0.4 is 16.2 Å². The summed E-state index contributed by atoms with van der Waals surface area (Å²) in [7, 11) is 0.411. The number of urea groups is 1. The maximum atomic E-state index is 14.1. The van der Waals surface area contributed by atoms with Crippen molar-refractivity contribution in [3.05, 3.63) is 47.5 Å². The summed E-state index contributed by atoms with van der Waals surface area (Å²) in [6.07, 6.45) is 3.35. The monoisotopic (exact) mass is 706 g/mol. The van der Waals surface area contributed by atoms with Crippen LogP contribution in [0.1, 0.15) is 36.8 Å². The Balaban J connectivity index is 1.07. The number of piperazine rings is 1. The molecule has 3 saturated heterocycles. The molecular formula is C34H48B2N6O7S. The molecule has 4 amide bonds. The second-order valence-corrected chi connectivity index (χ2v) is 16.1. The van der Waals surface area contributed by atoms with Gasteiger partial charge in [0.25, 0.3) is 5.91 Å². The maximum absolute atomic E-state index is 14.1. The Labute approximate surface area is 296 Å². The minimum atomic E-state index is -3.21. The molecule has 0 radical (unpaired) electrons. The number of amides is 4. The first-order chi connectivity index (χ1) is 23.9. The number of hydrogen-bond donors (Lipinski definition) is 2. The van der Waals surface area contributed by atoms with E-state index in [1.807, 2.05) is 57.0 Å². The van der Waals surface area contributed by atoms with E-state index in [0.717, 1.165) is 36.1 Å². The fourth-order valence-electron chi connectivity index (χ4n) is 7.91. The highest BCUT2D eigenvalue weighted by molar-refractivity contribution is 7.88. The lowest BCUT2D eigenvalue weighted by molar-refractivity contribution is -0.142. The molecule has 6 rings (SSSR count). The van der Waals surface area contributed by atoms with Crippen LogP contribution in [0.3, 0.4) is 0 Å². The number of phenols is 1. The van der Waals surface area contributed by atoms with E-state index in [1.54, 1.807) is 9.80 Å². The summed E-state index contributed by atoms with van der Waals surface area (Å²) in [5, 5.41) is 13.4. The Morgan fingerprint density at radius 1 is 0.900 bits per heavy atom. The van der Waals surface area contributed by atoms with Gasteiger partial charge in [0, 0.05) is 83.1 Å². The molecule has 0 bridgehead atoms. The fourth-order valence-corrected chi connectivity index (χ4v) is 8.73. The number of phenolic OH excluding ortho intramolecular Hbond substituents is 1. The molecule has 0 aromatic heterocycles. The molecule has 0 unspecified atom stereocenters. The molecule has 0 aliphatic carbocycles. The topological polar surface area (TPSA) is 143 Å². The molecule has 0 spiro atoms. The second kappa shape index (κ2) is 15.2. The van der Waals surface area contributed by atoms with Crippen molar-refractivity contribution in [1.82, 2.24) is 23.9 Å². The summed E-state index contributed by atoms with van der Waals surface area (Å²) < 4.78 is 31.4. The van der Waals surface area contributed by atoms with E-state index in [4.69, 9.17) is 4.74 Å². The predicted octanol–water partition coefficient (Wildman–Crippen LogP) is -0.920. The Kier molecular flexibility index (Phi) is 11.0. The second-order valence-electron chi connectivity index (χ2n) is 14.2. The molecule has 4 aliphatic rings. The van der Waals surface area contributed by atoms with E-state index in [1.165, 1.54) is 10.6 Å². The van der Waals surface area contributed by atoms with Crippen LogP contribution in [-0.2, 0) is 32.4 Å². The van der Waals surface area contributed by atoms with Crippen LogP contribution in [0.2, 0.25) is 0 Å². The summed E-state index contributed by atoms with van der Waals surface area (Å²) in [6.45, 7) is 4.74. The number of carbonyl (C=O) groups is 3. The summed E-state index contributed by atoms with van der Waals surface area (Å²) in [4.78, 5) is 48.4. The van der Waals surface area contributed by atoms with Crippen LogP contribution in [0, 0.1) is 0 Å². The SMILES string of the molecule is Bc1cc(C[C@@H](OC(=O)N2CCC(N3CCc4ccccc4NC3=O)CC2)C(=O)N2CCC(N3CCN(S(C)(=O)=O)CC3)CC2)cc(B)c1O. The van der Waals surface area contributed by atoms with Gasteiger partial charge in [-0.1, -0.05) is 30.3 Å². The standard InChI is InChI=1S/C34H48B2N6O7S/c1-50(47,48)41-18-16-38(17-19-41)25-7-11-39(12-8-25)32(44)30(22-23-20-27(35)31(43)28(36)21-23)49-34(46)40-13-9-26(10-14-40)42-15-6-24-4-2-3-5-29(24)37-33(42)45/h2-5,20-21,25-26,30,43H,6-19,22,35-36H2,1H3,(H,37,45)/t30-/m1/s1. The zero-order valence-electron chi connectivity index (χ0n) is 29.3. The molecule has 2 N–H and O–H groups in total. The van der Waals surface area contributed by atoms with E-state index in [9.17, 15) is 27.9 Å². The number of likely N-dealkylation sites (tertiary alicyclic amines) is 2. The Morgan fingerprint density at radius 2 is 1.50 bits per heavy atom. The number of nitrogens with zero attached hydrogens (tertiary/aromatic N) is 5. The van der Waals surface area contributed by atoms with Crippen molar-refractivity contribution < 1.29 is 32.6 Å². The van der Waals surface area contributed by atoms with E-state index in [-0.39, 0.29) is 36.2 Å². The van der Waals surface area contributed by atoms with Crippen LogP contribution in [0.5, 0.6) is 5.75 Å². The maximum Gasteiger partial charge on any atom is 0.410 e. The van der Waals surface area contributed by atoms with Gasteiger partial charge in [-0.25, -0.2) is 18.0 Å². The van der Waals surface area contributed by atoms with Crippen molar-refractivity contribution in [1.29, 1.82) is 0 Å². The van der Waals surface area contributed by atoms with Gasteiger partial charge >= 0.3 is 12.1 Å². The van der Waals surface area contributed by atoms with Crippen LogP contribution in [0.4, 0.5) is 15.3 Å². The number of anilines is 1. The van der Waals surface area contributed by atoms with Crippen molar-refractivity contribution >= 4 is 60.4 Å². The lowest BCUT2D eigenvalue weighted by Gasteiger charge is -2.42. The molecule has 4 heterocycles. The normalized spacial score (nSPS) is 20.9. The van der Waals surface area contributed by atoms with E-state index < -0.39 is 22.2 Å². The minimum Gasteiger partial charge on any atom is -0.509 e.